The van der Waals surface area contributed by atoms with Crippen molar-refractivity contribution in [2.45, 2.75) is 13.0 Å². The quantitative estimate of drug-likeness (QED) is 0.667. The third kappa shape index (κ3) is 1.80. The maximum absolute atomic E-state index is 10.1. The van der Waals surface area contributed by atoms with Gasteiger partial charge in [-0.2, -0.15) is 4.37 Å². The van der Waals surface area contributed by atoms with Crippen molar-refractivity contribution in [2.24, 2.45) is 0 Å². The number of rotatable bonds is 3. The van der Waals surface area contributed by atoms with Crippen LogP contribution in [-0.4, -0.2) is 16.7 Å². The maximum atomic E-state index is 10.1. The smallest absolute Gasteiger partial charge is 0.141 e. The summed E-state index contributed by atoms with van der Waals surface area (Å²) in [7, 11) is 0. The molecule has 1 aromatic rings. The van der Waals surface area contributed by atoms with E-state index in [1.807, 2.05) is 11.4 Å². The largest absolute Gasteiger partial charge is 0.360 e. The number of anilines is 1. The lowest BCUT2D eigenvalue weighted by atomic mass is 10.4. The Morgan fingerprint density at radius 1 is 1.90 bits per heavy atom. The first-order chi connectivity index (χ1) is 4.83. The third-order valence-electron chi connectivity index (χ3n) is 1.02. The van der Waals surface area contributed by atoms with Crippen LogP contribution in [0.4, 0.5) is 5.82 Å². The summed E-state index contributed by atoms with van der Waals surface area (Å²) in [5.74, 6) is 0.768. The fourth-order valence-electron chi connectivity index (χ4n) is 0.554. The zero-order valence-corrected chi connectivity index (χ0v) is 6.39. The van der Waals surface area contributed by atoms with Crippen LogP contribution >= 0.6 is 11.5 Å². The monoisotopic (exact) mass is 156 g/mol. The molecule has 1 rings (SSSR count). The molecule has 0 aliphatic heterocycles. The van der Waals surface area contributed by atoms with Crippen molar-refractivity contribution < 1.29 is 4.79 Å². The van der Waals surface area contributed by atoms with Crippen molar-refractivity contribution in [3.63, 3.8) is 0 Å². The standard InChI is InChI=1S/C6H8N2OS/c1-5(4-9)7-6-2-3-10-8-6/h2-5H,1H3,(H,7,8)/t5-/m0/s1. The molecule has 3 nitrogen and oxygen atoms in total. The van der Waals surface area contributed by atoms with E-state index in [9.17, 15) is 4.79 Å². The van der Waals surface area contributed by atoms with Gasteiger partial charge in [0.25, 0.3) is 0 Å². The number of hydrogen-bond donors (Lipinski definition) is 1. The molecule has 0 bridgehead atoms. The zero-order valence-electron chi connectivity index (χ0n) is 5.57. The Morgan fingerprint density at radius 3 is 3.20 bits per heavy atom. The van der Waals surface area contributed by atoms with Gasteiger partial charge in [0.15, 0.2) is 0 Å². The summed E-state index contributed by atoms with van der Waals surface area (Å²) in [6.45, 7) is 1.78. The minimum absolute atomic E-state index is 0.151. The van der Waals surface area contributed by atoms with E-state index in [1.165, 1.54) is 11.5 Å². The summed E-state index contributed by atoms with van der Waals surface area (Å²) < 4.78 is 3.98. The van der Waals surface area contributed by atoms with E-state index in [4.69, 9.17) is 0 Å². The average molecular weight is 156 g/mol. The van der Waals surface area contributed by atoms with Crippen LogP contribution in [-0.2, 0) is 4.79 Å². The fourth-order valence-corrected chi connectivity index (χ4v) is 1.03. The maximum Gasteiger partial charge on any atom is 0.141 e. The van der Waals surface area contributed by atoms with E-state index >= 15 is 0 Å². The van der Waals surface area contributed by atoms with E-state index < -0.39 is 0 Å². The van der Waals surface area contributed by atoms with Crippen molar-refractivity contribution in [1.82, 2.24) is 4.37 Å². The number of carbonyl (C=O) groups is 1. The van der Waals surface area contributed by atoms with Gasteiger partial charge in [-0.1, -0.05) is 0 Å². The molecule has 1 heterocycles. The van der Waals surface area contributed by atoms with Gasteiger partial charge in [0.1, 0.15) is 12.1 Å². The minimum Gasteiger partial charge on any atom is -0.360 e. The third-order valence-corrected chi connectivity index (χ3v) is 1.58. The lowest BCUT2D eigenvalue weighted by molar-refractivity contribution is -0.108. The van der Waals surface area contributed by atoms with E-state index in [-0.39, 0.29) is 6.04 Å². The summed E-state index contributed by atoms with van der Waals surface area (Å²) in [6, 6.07) is 1.69. The Balaban J connectivity index is 2.47. The Labute approximate surface area is 63.2 Å². The molecule has 0 spiro atoms. The van der Waals surface area contributed by atoms with Crippen LogP contribution in [0.3, 0.4) is 0 Å². The SMILES string of the molecule is C[C@@H](C=O)Nc1ccsn1. The number of aldehydes is 1. The van der Waals surface area contributed by atoms with E-state index in [2.05, 4.69) is 9.69 Å². The molecule has 1 atom stereocenters. The molecule has 0 aliphatic carbocycles. The van der Waals surface area contributed by atoms with Gasteiger partial charge in [0.05, 0.1) is 6.04 Å². The highest BCUT2D eigenvalue weighted by atomic mass is 32.1. The van der Waals surface area contributed by atoms with Crippen LogP contribution in [0.2, 0.25) is 0 Å². The molecular formula is C6H8N2OS. The molecular weight excluding hydrogens is 148 g/mol. The number of aromatic nitrogens is 1. The highest BCUT2D eigenvalue weighted by Crippen LogP contribution is 2.05. The van der Waals surface area contributed by atoms with Crippen LogP contribution in [0, 0.1) is 0 Å². The first kappa shape index (κ1) is 7.21. The van der Waals surface area contributed by atoms with Gasteiger partial charge in [-0.15, -0.1) is 0 Å². The minimum atomic E-state index is -0.151. The molecule has 0 saturated heterocycles. The molecule has 0 saturated carbocycles. The Kier molecular flexibility index (Phi) is 2.39. The molecule has 4 heteroatoms. The second-order valence-electron chi connectivity index (χ2n) is 1.95. The number of carbonyl (C=O) groups excluding carboxylic acids is 1. The van der Waals surface area contributed by atoms with Crippen LogP contribution in [0.15, 0.2) is 11.4 Å². The topological polar surface area (TPSA) is 42.0 Å². The molecule has 0 aliphatic rings. The molecule has 1 N–H and O–H groups in total. The van der Waals surface area contributed by atoms with Crippen LogP contribution in [0.25, 0.3) is 0 Å². The summed E-state index contributed by atoms with van der Waals surface area (Å²) in [4.78, 5) is 10.1. The molecule has 0 radical (unpaired) electrons. The summed E-state index contributed by atoms with van der Waals surface area (Å²) in [5, 5.41) is 4.76. The highest BCUT2D eigenvalue weighted by molar-refractivity contribution is 7.03. The molecule has 0 amide bonds. The Morgan fingerprint density at radius 2 is 2.70 bits per heavy atom. The van der Waals surface area contributed by atoms with Gasteiger partial charge >= 0.3 is 0 Å². The number of nitrogens with one attached hydrogen (secondary N) is 1. The Bertz CT molecular complexity index is 198. The van der Waals surface area contributed by atoms with Gasteiger partial charge in [-0.05, 0) is 24.5 Å². The molecule has 0 aromatic carbocycles. The van der Waals surface area contributed by atoms with Crippen LogP contribution in [0.1, 0.15) is 6.92 Å². The predicted molar refractivity (Wildman–Crippen MR) is 41.3 cm³/mol. The second-order valence-corrected chi connectivity index (χ2v) is 2.62. The molecule has 1 aromatic heterocycles. The van der Waals surface area contributed by atoms with Gasteiger partial charge in [-0.3, -0.25) is 0 Å². The van der Waals surface area contributed by atoms with Gasteiger partial charge in [-0.25, -0.2) is 0 Å². The summed E-state index contributed by atoms with van der Waals surface area (Å²) in [6.07, 6.45) is 0.847. The number of nitrogens with zero attached hydrogens (tertiary/aromatic N) is 1. The molecule has 0 unspecified atom stereocenters. The Hall–Kier alpha value is -0.900. The first-order valence-electron chi connectivity index (χ1n) is 2.95. The lowest BCUT2D eigenvalue weighted by Crippen LogP contribution is -2.15. The van der Waals surface area contributed by atoms with Crippen molar-refractivity contribution in [3.8, 4) is 0 Å². The van der Waals surface area contributed by atoms with Gasteiger partial charge in [0.2, 0.25) is 0 Å². The van der Waals surface area contributed by atoms with Crippen molar-refractivity contribution in [2.75, 3.05) is 5.32 Å². The fraction of sp³-hybridized carbons (Fsp3) is 0.333. The average Bonchev–Trinajstić information content (AvgIpc) is 2.40. The highest BCUT2D eigenvalue weighted by Gasteiger charge is 1.98. The summed E-state index contributed by atoms with van der Waals surface area (Å²) in [5.41, 5.74) is 0. The number of hydrogen-bond acceptors (Lipinski definition) is 4. The molecule has 54 valence electrons. The zero-order chi connectivity index (χ0) is 7.40. The van der Waals surface area contributed by atoms with Crippen molar-refractivity contribution in [1.29, 1.82) is 0 Å². The van der Waals surface area contributed by atoms with Crippen LogP contribution in [0.5, 0.6) is 0 Å². The van der Waals surface area contributed by atoms with Gasteiger partial charge in [0, 0.05) is 5.38 Å². The van der Waals surface area contributed by atoms with Crippen molar-refractivity contribution in [3.05, 3.63) is 11.4 Å². The normalized spacial score (nSPS) is 12.5. The van der Waals surface area contributed by atoms with E-state index in [0.29, 0.717) is 0 Å². The lowest BCUT2D eigenvalue weighted by Gasteiger charge is -2.02. The second kappa shape index (κ2) is 3.31. The van der Waals surface area contributed by atoms with E-state index in [0.717, 1.165) is 12.1 Å². The predicted octanol–water partition coefficient (Wildman–Crippen LogP) is 1.14. The van der Waals surface area contributed by atoms with Crippen molar-refractivity contribution >= 4 is 23.6 Å². The first-order valence-corrected chi connectivity index (χ1v) is 3.79. The van der Waals surface area contributed by atoms with Crippen LogP contribution < -0.4 is 5.32 Å². The van der Waals surface area contributed by atoms with Gasteiger partial charge < -0.3 is 10.1 Å². The molecule has 0 fully saturated rings. The summed E-state index contributed by atoms with van der Waals surface area (Å²) >= 11 is 1.36. The molecule has 10 heavy (non-hydrogen) atoms. The van der Waals surface area contributed by atoms with E-state index in [1.54, 1.807) is 6.92 Å².